The number of nitrogens with one attached hydrogen (secondary N) is 2. The summed E-state index contributed by atoms with van der Waals surface area (Å²) >= 11 is 20.7. The Kier molecular flexibility index (Phi) is 25.2. The van der Waals surface area contributed by atoms with E-state index in [1.807, 2.05) is 55.5 Å². The number of carbonyl (C=O) groups is 3. The van der Waals surface area contributed by atoms with E-state index in [1.54, 1.807) is 59.4 Å². The Labute approximate surface area is 463 Å². The van der Waals surface area contributed by atoms with Gasteiger partial charge in [0.1, 0.15) is 62.1 Å². The standard InChI is InChI=1S/C18H21FN2O3S.C16H17FN2O3.C15H11FN2O4.C2Cl4O2/c1-4-24-18(22)14-10-15(19)17(25-5-2)21-16(14)20-11-12-6-8-13(23-3)9-7-12;1-3-22-16(20)14-8-12(17)10-19-15(14)18-9-11-4-6-13(21-2)7-5-11;1-21-11-4-2-9(3-5-11)8-18-13-12(6-10(16)7-17-13)14(19)22-15(18)20;3-1(7)8-2(4,5)6/h6-10H,4-5,11H2,1-3H3,(H,20,21);4-8,10H,3,9H2,1-2H3,(H,18,19);2-7H,8H2,1H3;. The van der Waals surface area contributed by atoms with E-state index in [9.17, 15) is 37.1 Å². The number of benzene rings is 3. The molecule has 7 aromatic rings. The first-order chi connectivity index (χ1) is 36.7. The van der Waals surface area contributed by atoms with Crippen LogP contribution in [0.4, 0.5) is 29.6 Å². The summed E-state index contributed by atoms with van der Waals surface area (Å²) in [4.78, 5) is 69.2. The first kappa shape index (κ1) is 62.3. The van der Waals surface area contributed by atoms with E-state index in [1.165, 1.54) is 22.4 Å². The molecule has 0 atom stereocenters. The lowest BCUT2D eigenvalue weighted by Gasteiger charge is -2.13. The molecule has 0 aliphatic rings. The molecule has 0 saturated heterocycles. The maximum atomic E-state index is 14.1. The minimum Gasteiger partial charge on any atom is -0.497 e. The number of carbonyl (C=O) groups excluding carboxylic acids is 3. The maximum absolute atomic E-state index is 14.1. The van der Waals surface area contributed by atoms with Gasteiger partial charge in [-0.2, -0.15) is 0 Å². The van der Waals surface area contributed by atoms with Gasteiger partial charge >= 0.3 is 32.7 Å². The molecule has 0 unspecified atom stereocenters. The van der Waals surface area contributed by atoms with Crippen LogP contribution in [0, 0.1) is 17.5 Å². The molecule has 4 aromatic heterocycles. The second-order valence-corrected chi connectivity index (χ2v) is 18.6. The van der Waals surface area contributed by atoms with Gasteiger partial charge in [-0.1, -0.05) is 43.3 Å². The summed E-state index contributed by atoms with van der Waals surface area (Å²) in [6, 6.07) is 25.3. The number of hydrogen-bond donors (Lipinski definition) is 2. The van der Waals surface area contributed by atoms with Crippen molar-refractivity contribution in [2.24, 2.45) is 0 Å². The molecule has 3 aromatic carbocycles. The SMILES string of the molecule is CCOC(=O)c1cc(F)c(SCC)nc1NCc1ccc(OC)cc1.CCOC(=O)c1cc(F)cnc1NCc1ccc(OC)cc1.COc1ccc(Cn2c(=O)oc(=O)c3cc(F)cnc32)cc1.O=C(Cl)OC(Cl)(Cl)Cl. The van der Waals surface area contributed by atoms with E-state index >= 15 is 0 Å². The third kappa shape index (κ3) is 20.3. The molecular formula is C51H49Cl4F3N6O12S. The summed E-state index contributed by atoms with van der Waals surface area (Å²) in [6.45, 7) is 6.75. The Morgan fingerprint density at radius 3 is 1.60 bits per heavy atom. The zero-order valence-electron chi connectivity index (χ0n) is 41.8. The minimum absolute atomic E-state index is 0.0758. The first-order valence-electron chi connectivity index (χ1n) is 22.6. The van der Waals surface area contributed by atoms with Crippen molar-refractivity contribution in [3.63, 3.8) is 0 Å². The smallest absolute Gasteiger partial charge is 0.423 e. The van der Waals surface area contributed by atoms with Crippen molar-refractivity contribution in [3.8, 4) is 17.2 Å². The van der Waals surface area contributed by atoms with Gasteiger partial charge in [-0.3, -0.25) is 4.57 Å². The van der Waals surface area contributed by atoms with E-state index in [4.69, 9.17) is 58.5 Å². The van der Waals surface area contributed by atoms with Crippen molar-refractivity contribution in [3.05, 3.63) is 170 Å². The van der Waals surface area contributed by atoms with Crippen LogP contribution < -0.4 is 36.2 Å². The molecule has 7 rings (SSSR count). The Bertz CT molecular complexity index is 3190. The van der Waals surface area contributed by atoms with Crippen molar-refractivity contribution in [1.82, 2.24) is 19.5 Å². The molecule has 77 heavy (non-hydrogen) atoms. The van der Waals surface area contributed by atoms with E-state index in [2.05, 4.69) is 46.3 Å². The molecule has 0 saturated carbocycles. The third-order valence-corrected chi connectivity index (χ3v) is 10.9. The number of halogens is 7. The predicted octanol–water partition coefficient (Wildman–Crippen LogP) is 11.4. The summed E-state index contributed by atoms with van der Waals surface area (Å²) < 4.78 is 73.4. The predicted molar refractivity (Wildman–Crippen MR) is 287 cm³/mol. The van der Waals surface area contributed by atoms with Crippen molar-refractivity contribution in [2.75, 3.05) is 50.9 Å². The average molecular weight is 1170 g/mol. The van der Waals surface area contributed by atoms with Crippen LogP contribution in [-0.4, -0.2) is 81.2 Å². The molecule has 0 aliphatic carbocycles. The van der Waals surface area contributed by atoms with Crippen LogP contribution in [0.1, 0.15) is 58.2 Å². The molecule has 0 radical (unpaired) electrons. The van der Waals surface area contributed by atoms with Crippen molar-refractivity contribution < 1.29 is 60.4 Å². The number of alkyl halides is 3. The topological polar surface area (TPSA) is 222 Å². The monoisotopic (exact) mass is 1170 g/mol. The van der Waals surface area contributed by atoms with Crippen LogP contribution in [0.15, 0.2) is 122 Å². The van der Waals surface area contributed by atoms with Crippen LogP contribution in [0.5, 0.6) is 17.2 Å². The van der Waals surface area contributed by atoms with Crippen LogP contribution in [-0.2, 0) is 33.8 Å². The number of anilines is 2. The van der Waals surface area contributed by atoms with Gasteiger partial charge in [-0.25, -0.2) is 52.1 Å². The summed E-state index contributed by atoms with van der Waals surface area (Å²) in [5, 5.41) is 6.30. The zero-order valence-corrected chi connectivity index (χ0v) is 45.6. The molecule has 410 valence electrons. The number of hydrogen-bond acceptors (Lipinski definition) is 18. The average Bonchev–Trinajstić information content (AvgIpc) is 3.41. The highest BCUT2D eigenvalue weighted by atomic mass is 35.6. The van der Waals surface area contributed by atoms with Gasteiger partial charge in [-0.15, -0.1) is 11.8 Å². The molecule has 26 heteroatoms. The normalized spacial score (nSPS) is 10.5. The van der Waals surface area contributed by atoms with Crippen LogP contribution in [0.25, 0.3) is 11.0 Å². The van der Waals surface area contributed by atoms with Gasteiger partial charge in [0.15, 0.2) is 11.5 Å². The highest BCUT2D eigenvalue weighted by Gasteiger charge is 2.24. The van der Waals surface area contributed by atoms with Crippen molar-refractivity contribution >= 4 is 98.2 Å². The molecule has 0 fully saturated rings. The van der Waals surface area contributed by atoms with Gasteiger partial charge in [-0.05, 0) is 126 Å². The Morgan fingerprint density at radius 1 is 0.675 bits per heavy atom. The van der Waals surface area contributed by atoms with Crippen molar-refractivity contribution in [2.45, 2.75) is 49.4 Å². The number of pyridine rings is 3. The Morgan fingerprint density at radius 2 is 1.14 bits per heavy atom. The fraction of sp³-hybridized carbons (Fsp3) is 0.255. The fourth-order valence-electron chi connectivity index (χ4n) is 6.23. The Balaban J connectivity index is 0.000000233. The second-order valence-electron chi connectivity index (χ2n) is 14.9. The molecular weight excluding hydrogens is 1120 g/mol. The number of methoxy groups -OCH3 is 3. The summed E-state index contributed by atoms with van der Waals surface area (Å²) in [5.41, 5.74) is 0.933. The molecule has 18 nitrogen and oxygen atoms in total. The molecule has 2 N–H and O–H groups in total. The molecule has 0 spiro atoms. The summed E-state index contributed by atoms with van der Waals surface area (Å²) in [5.74, 6) is -0.340. The largest absolute Gasteiger partial charge is 0.497 e. The number of fused-ring (bicyclic) bond motifs is 1. The van der Waals surface area contributed by atoms with Crippen LogP contribution in [0.2, 0.25) is 0 Å². The fourth-order valence-corrected chi connectivity index (χ4v) is 7.30. The van der Waals surface area contributed by atoms with Crippen LogP contribution in [0.3, 0.4) is 0 Å². The van der Waals surface area contributed by atoms with Crippen LogP contribution >= 0.6 is 58.2 Å². The Hall–Kier alpha value is -7.24. The third-order valence-electron chi connectivity index (χ3n) is 9.71. The number of ether oxygens (including phenoxy) is 6. The summed E-state index contributed by atoms with van der Waals surface area (Å²) in [6.07, 6.45) is 2.00. The second kappa shape index (κ2) is 31.1. The lowest BCUT2D eigenvalue weighted by Crippen LogP contribution is -2.26. The number of esters is 2. The van der Waals surface area contributed by atoms with E-state index < -0.39 is 50.2 Å². The lowest BCUT2D eigenvalue weighted by atomic mass is 10.2. The molecule has 0 aliphatic heterocycles. The molecule has 0 amide bonds. The van der Waals surface area contributed by atoms with E-state index in [0.717, 1.165) is 52.7 Å². The highest BCUT2D eigenvalue weighted by molar-refractivity contribution is 7.99. The lowest BCUT2D eigenvalue weighted by molar-refractivity contribution is 0.0516. The highest BCUT2D eigenvalue weighted by Crippen LogP contribution is 2.28. The van der Waals surface area contributed by atoms with E-state index in [-0.39, 0.29) is 52.8 Å². The number of nitrogens with zero attached hydrogens (tertiary/aromatic N) is 4. The van der Waals surface area contributed by atoms with Gasteiger partial charge in [0.05, 0.1) is 53.5 Å². The minimum atomic E-state index is -2.04. The van der Waals surface area contributed by atoms with Gasteiger partial charge < -0.3 is 43.5 Å². The molecule has 0 bridgehead atoms. The first-order valence-corrected chi connectivity index (χ1v) is 25.1. The quantitative estimate of drug-likeness (QED) is 0.0284. The van der Waals surface area contributed by atoms with Crippen molar-refractivity contribution in [1.29, 1.82) is 0 Å². The zero-order chi connectivity index (χ0) is 56.7. The van der Waals surface area contributed by atoms with E-state index in [0.29, 0.717) is 30.4 Å². The van der Waals surface area contributed by atoms with Gasteiger partial charge in [0, 0.05) is 24.7 Å². The summed E-state index contributed by atoms with van der Waals surface area (Å²) in [7, 11) is 4.76. The number of aromatic nitrogens is 4. The number of rotatable bonds is 17. The maximum Gasteiger partial charge on any atom is 0.423 e. The van der Waals surface area contributed by atoms with Gasteiger partial charge in [0.25, 0.3) is 0 Å². The molecule has 4 heterocycles. The van der Waals surface area contributed by atoms with Gasteiger partial charge in [0.2, 0.25) is 0 Å². The number of thioether (sulfide) groups is 1.